The van der Waals surface area contributed by atoms with Crippen molar-refractivity contribution in [1.29, 1.82) is 0 Å². The van der Waals surface area contributed by atoms with Crippen LogP contribution in [0.15, 0.2) is 10.7 Å². The van der Waals surface area contributed by atoms with Crippen LogP contribution >= 0.6 is 15.9 Å². The number of nitrogen functional groups attached to an aromatic ring is 1. The van der Waals surface area contributed by atoms with E-state index in [0.717, 1.165) is 11.0 Å². The van der Waals surface area contributed by atoms with Crippen molar-refractivity contribution in [3.63, 3.8) is 0 Å². The summed E-state index contributed by atoms with van der Waals surface area (Å²) in [4.78, 5) is 0. The van der Waals surface area contributed by atoms with Crippen LogP contribution < -0.4 is 5.73 Å². The maximum Gasteiger partial charge on any atom is 0.159 e. The lowest BCUT2D eigenvalue weighted by Gasteiger charge is -1.97. The molecule has 4 nitrogen and oxygen atoms in total. The van der Waals surface area contributed by atoms with E-state index < -0.39 is 0 Å². The predicted molar refractivity (Wildman–Crippen MR) is 46.2 cm³/mol. The first-order valence-corrected chi connectivity index (χ1v) is 4.00. The van der Waals surface area contributed by atoms with Gasteiger partial charge in [-0.05, 0) is 15.9 Å². The maximum atomic E-state index is 5.49. The van der Waals surface area contributed by atoms with Crippen molar-refractivity contribution < 1.29 is 4.74 Å². The van der Waals surface area contributed by atoms with Gasteiger partial charge in [0, 0.05) is 13.3 Å². The Bertz CT molecular complexity index is 216. The number of rotatable bonds is 3. The molecule has 0 aromatic carbocycles. The van der Waals surface area contributed by atoms with Gasteiger partial charge in [0.1, 0.15) is 0 Å². The molecule has 0 aliphatic heterocycles. The molecule has 11 heavy (non-hydrogen) atoms. The fourth-order valence-electron chi connectivity index (χ4n) is 0.711. The predicted octanol–water partition coefficient (Wildman–Crippen LogP) is 0.874. The van der Waals surface area contributed by atoms with Crippen molar-refractivity contribution in [3.05, 3.63) is 10.7 Å². The highest BCUT2D eigenvalue weighted by Crippen LogP contribution is 2.15. The zero-order valence-corrected chi connectivity index (χ0v) is 7.84. The molecule has 0 amide bonds. The Hall–Kier alpha value is -0.550. The molecule has 0 saturated carbocycles. The number of aromatic nitrogens is 2. The molecule has 0 aliphatic rings. The van der Waals surface area contributed by atoms with Gasteiger partial charge in [-0.1, -0.05) is 0 Å². The van der Waals surface area contributed by atoms with E-state index in [4.69, 9.17) is 10.5 Å². The normalized spacial score (nSPS) is 10.4. The van der Waals surface area contributed by atoms with Crippen LogP contribution in [-0.4, -0.2) is 23.5 Å². The van der Waals surface area contributed by atoms with Gasteiger partial charge in [-0.3, -0.25) is 4.68 Å². The summed E-state index contributed by atoms with van der Waals surface area (Å²) >= 11 is 3.26. The SMILES string of the molecule is COCCn1cc(Br)c(N)n1. The van der Waals surface area contributed by atoms with Gasteiger partial charge in [0.15, 0.2) is 5.82 Å². The highest BCUT2D eigenvalue weighted by molar-refractivity contribution is 9.10. The second-order valence-corrected chi connectivity index (χ2v) is 2.97. The number of ether oxygens (including phenoxy) is 1. The summed E-state index contributed by atoms with van der Waals surface area (Å²) in [5.74, 6) is 0.515. The average molecular weight is 220 g/mol. The Morgan fingerprint density at radius 3 is 3.00 bits per heavy atom. The Labute approximate surface area is 73.5 Å². The topological polar surface area (TPSA) is 53.1 Å². The van der Waals surface area contributed by atoms with Crippen LogP contribution in [0.3, 0.4) is 0 Å². The van der Waals surface area contributed by atoms with Crippen molar-refractivity contribution in [2.45, 2.75) is 6.54 Å². The standard InChI is InChI=1S/C6H10BrN3O/c1-11-3-2-10-4-5(7)6(8)9-10/h4H,2-3H2,1H3,(H2,8,9). The van der Waals surface area contributed by atoms with Gasteiger partial charge >= 0.3 is 0 Å². The Morgan fingerprint density at radius 1 is 1.82 bits per heavy atom. The molecular formula is C6H10BrN3O. The van der Waals surface area contributed by atoms with E-state index in [1.54, 1.807) is 11.8 Å². The second-order valence-electron chi connectivity index (χ2n) is 2.12. The Balaban J connectivity index is 2.58. The number of halogens is 1. The molecule has 0 unspecified atom stereocenters. The molecule has 1 aromatic heterocycles. The highest BCUT2D eigenvalue weighted by atomic mass is 79.9. The van der Waals surface area contributed by atoms with Crippen molar-refractivity contribution in [2.75, 3.05) is 19.5 Å². The molecular weight excluding hydrogens is 210 g/mol. The third-order valence-electron chi connectivity index (χ3n) is 1.27. The molecule has 0 spiro atoms. The number of methoxy groups -OCH3 is 1. The highest BCUT2D eigenvalue weighted by Gasteiger charge is 2.00. The molecule has 1 heterocycles. The van der Waals surface area contributed by atoms with E-state index in [2.05, 4.69) is 21.0 Å². The molecule has 0 saturated heterocycles. The number of nitrogens with zero attached hydrogens (tertiary/aromatic N) is 2. The number of hydrogen-bond donors (Lipinski definition) is 1. The third kappa shape index (κ3) is 2.20. The fourth-order valence-corrected chi connectivity index (χ4v) is 1.03. The maximum absolute atomic E-state index is 5.49. The molecule has 2 N–H and O–H groups in total. The zero-order chi connectivity index (χ0) is 8.27. The second kappa shape index (κ2) is 3.73. The summed E-state index contributed by atoms with van der Waals surface area (Å²) in [5.41, 5.74) is 5.49. The van der Waals surface area contributed by atoms with E-state index in [9.17, 15) is 0 Å². The summed E-state index contributed by atoms with van der Waals surface area (Å²) in [6.07, 6.45) is 1.83. The van der Waals surface area contributed by atoms with Gasteiger partial charge in [-0.15, -0.1) is 0 Å². The molecule has 0 radical (unpaired) electrons. The van der Waals surface area contributed by atoms with Crippen molar-refractivity contribution in [2.24, 2.45) is 0 Å². The first-order valence-electron chi connectivity index (χ1n) is 3.21. The van der Waals surface area contributed by atoms with Crippen molar-refractivity contribution in [3.8, 4) is 0 Å². The van der Waals surface area contributed by atoms with Crippen molar-refractivity contribution >= 4 is 21.7 Å². The smallest absolute Gasteiger partial charge is 0.159 e. The van der Waals surface area contributed by atoms with E-state index in [-0.39, 0.29) is 0 Å². The average Bonchev–Trinajstić information content (AvgIpc) is 2.28. The van der Waals surface area contributed by atoms with Gasteiger partial charge in [-0.25, -0.2) is 0 Å². The molecule has 1 rings (SSSR count). The molecule has 0 fully saturated rings. The van der Waals surface area contributed by atoms with Crippen molar-refractivity contribution in [1.82, 2.24) is 9.78 Å². The zero-order valence-electron chi connectivity index (χ0n) is 6.25. The van der Waals surface area contributed by atoms with Crippen LogP contribution in [0.4, 0.5) is 5.82 Å². The van der Waals surface area contributed by atoms with Gasteiger partial charge in [0.2, 0.25) is 0 Å². The van der Waals surface area contributed by atoms with Crippen LogP contribution in [0.1, 0.15) is 0 Å². The lowest BCUT2D eigenvalue weighted by molar-refractivity contribution is 0.183. The van der Waals surface area contributed by atoms with Gasteiger partial charge in [-0.2, -0.15) is 5.10 Å². The fraction of sp³-hybridized carbons (Fsp3) is 0.500. The minimum atomic E-state index is 0.515. The third-order valence-corrected chi connectivity index (χ3v) is 1.88. The summed E-state index contributed by atoms with van der Waals surface area (Å²) in [6, 6.07) is 0. The van der Waals surface area contributed by atoms with Crippen LogP contribution in [0.5, 0.6) is 0 Å². The van der Waals surface area contributed by atoms with Crippen LogP contribution in [0, 0.1) is 0 Å². The van der Waals surface area contributed by atoms with Gasteiger partial charge in [0.25, 0.3) is 0 Å². The Kier molecular flexibility index (Phi) is 2.90. The molecule has 0 atom stereocenters. The Morgan fingerprint density at radius 2 is 2.55 bits per heavy atom. The van der Waals surface area contributed by atoms with Crippen LogP contribution in [0.2, 0.25) is 0 Å². The van der Waals surface area contributed by atoms with Crippen LogP contribution in [-0.2, 0) is 11.3 Å². The van der Waals surface area contributed by atoms with E-state index in [1.807, 2.05) is 6.20 Å². The lowest BCUT2D eigenvalue weighted by atomic mass is 10.6. The number of nitrogens with two attached hydrogens (primary N) is 1. The lowest BCUT2D eigenvalue weighted by Crippen LogP contribution is -2.04. The van der Waals surface area contributed by atoms with Gasteiger partial charge in [0.05, 0.1) is 17.6 Å². The quantitative estimate of drug-likeness (QED) is 0.822. The summed E-state index contributed by atoms with van der Waals surface area (Å²) < 4.78 is 7.44. The molecule has 1 aromatic rings. The minimum Gasteiger partial charge on any atom is -0.383 e. The van der Waals surface area contributed by atoms with Crippen LogP contribution in [0.25, 0.3) is 0 Å². The molecule has 0 bridgehead atoms. The molecule has 5 heteroatoms. The number of anilines is 1. The first-order chi connectivity index (χ1) is 5.24. The largest absolute Gasteiger partial charge is 0.383 e. The van der Waals surface area contributed by atoms with E-state index >= 15 is 0 Å². The monoisotopic (exact) mass is 219 g/mol. The van der Waals surface area contributed by atoms with E-state index in [0.29, 0.717) is 12.4 Å². The summed E-state index contributed by atoms with van der Waals surface area (Å²) in [7, 11) is 1.65. The summed E-state index contributed by atoms with van der Waals surface area (Å²) in [6.45, 7) is 1.37. The van der Waals surface area contributed by atoms with Gasteiger partial charge < -0.3 is 10.5 Å². The minimum absolute atomic E-state index is 0.515. The first kappa shape index (κ1) is 8.55. The number of hydrogen-bond acceptors (Lipinski definition) is 3. The molecule has 0 aliphatic carbocycles. The summed E-state index contributed by atoms with van der Waals surface area (Å²) in [5, 5.41) is 4.02. The van der Waals surface area contributed by atoms with E-state index in [1.165, 1.54) is 0 Å². The molecule has 62 valence electrons.